The number of hydrogen-bond donors (Lipinski definition) is 1. The van der Waals surface area contributed by atoms with E-state index in [0.717, 1.165) is 41.2 Å². The molecule has 0 saturated heterocycles. The number of nitrogens with zero attached hydrogens (tertiary/aromatic N) is 1. The number of para-hydroxylation sites is 2. The maximum absolute atomic E-state index is 13.5. The van der Waals surface area contributed by atoms with Gasteiger partial charge in [0.05, 0.1) is 5.56 Å². The molecule has 0 bridgehead atoms. The topological polar surface area (TPSA) is 50.8 Å². The van der Waals surface area contributed by atoms with Gasteiger partial charge in [0.2, 0.25) is 0 Å². The molecule has 0 radical (unpaired) electrons. The number of ether oxygens (including phenoxy) is 2. The lowest BCUT2D eigenvalue weighted by Gasteiger charge is -2.38. The highest BCUT2D eigenvalue weighted by atomic mass is 16.6. The summed E-state index contributed by atoms with van der Waals surface area (Å²) in [5, 5.41) is 3.36. The molecule has 0 atom stereocenters. The molecule has 5 rings (SSSR count). The predicted molar refractivity (Wildman–Crippen MR) is 122 cm³/mol. The minimum atomic E-state index is -1.05. The van der Waals surface area contributed by atoms with Crippen LogP contribution in [0.2, 0.25) is 0 Å². The molecule has 2 aliphatic heterocycles. The van der Waals surface area contributed by atoms with Crippen molar-refractivity contribution in [2.75, 3.05) is 29.9 Å². The van der Waals surface area contributed by atoms with E-state index in [1.54, 1.807) is 0 Å². The molecule has 31 heavy (non-hydrogen) atoms. The SMILES string of the molecule is CCNc1ccc(N(CC)CC)c2c1C(=O)OC21c2ccccc2Oc2ccccc21. The van der Waals surface area contributed by atoms with Gasteiger partial charge in [-0.05, 0) is 45.0 Å². The fraction of sp³-hybridized carbons (Fsp3) is 0.269. The number of carbonyl (C=O) groups excluding carboxylic acids is 1. The van der Waals surface area contributed by atoms with E-state index in [0.29, 0.717) is 23.6 Å². The fourth-order valence-corrected chi connectivity index (χ4v) is 4.90. The molecule has 2 aliphatic rings. The first kappa shape index (κ1) is 19.5. The summed E-state index contributed by atoms with van der Waals surface area (Å²) in [4.78, 5) is 15.8. The summed E-state index contributed by atoms with van der Waals surface area (Å²) in [6, 6.07) is 19.8. The van der Waals surface area contributed by atoms with Crippen LogP contribution in [0, 0.1) is 0 Å². The Morgan fingerprint density at radius 2 is 1.48 bits per heavy atom. The van der Waals surface area contributed by atoms with E-state index in [1.165, 1.54) is 0 Å². The zero-order valence-corrected chi connectivity index (χ0v) is 18.1. The van der Waals surface area contributed by atoms with Crippen LogP contribution in [0.15, 0.2) is 60.7 Å². The zero-order valence-electron chi connectivity index (χ0n) is 18.1. The van der Waals surface area contributed by atoms with Crippen molar-refractivity contribution in [1.29, 1.82) is 0 Å². The van der Waals surface area contributed by atoms with Crippen LogP contribution in [0.5, 0.6) is 11.5 Å². The first-order valence-corrected chi connectivity index (χ1v) is 10.9. The molecule has 5 nitrogen and oxygen atoms in total. The Morgan fingerprint density at radius 3 is 2.06 bits per heavy atom. The maximum atomic E-state index is 13.5. The molecule has 0 unspecified atom stereocenters. The van der Waals surface area contributed by atoms with Crippen LogP contribution >= 0.6 is 0 Å². The molecule has 0 fully saturated rings. The van der Waals surface area contributed by atoms with Gasteiger partial charge < -0.3 is 19.7 Å². The third-order valence-electron chi connectivity index (χ3n) is 6.21. The van der Waals surface area contributed by atoms with E-state index < -0.39 is 5.60 Å². The molecule has 3 aromatic rings. The normalized spacial score (nSPS) is 14.9. The molecule has 3 aromatic carbocycles. The number of anilines is 2. The van der Waals surface area contributed by atoms with Crippen molar-refractivity contribution < 1.29 is 14.3 Å². The Morgan fingerprint density at radius 1 is 0.871 bits per heavy atom. The van der Waals surface area contributed by atoms with Gasteiger partial charge in [-0.15, -0.1) is 0 Å². The van der Waals surface area contributed by atoms with Crippen LogP contribution in [0.4, 0.5) is 11.4 Å². The summed E-state index contributed by atoms with van der Waals surface area (Å²) in [7, 11) is 0. The molecule has 0 aromatic heterocycles. The van der Waals surface area contributed by atoms with Crippen molar-refractivity contribution in [1.82, 2.24) is 0 Å². The highest BCUT2D eigenvalue weighted by Crippen LogP contribution is 2.59. The van der Waals surface area contributed by atoms with Gasteiger partial charge in [0.25, 0.3) is 0 Å². The van der Waals surface area contributed by atoms with E-state index in [1.807, 2.05) is 61.5 Å². The van der Waals surface area contributed by atoms with Crippen LogP contribution in [-0.4, -0.2) is 25.6 Å². The second-order valence-corrected chi connectivity index (χ2v) is 7.75. The average Bonchev–Trinajstić information content (AvgIpc) is 3.10. The van der Waals surface area contributed by atoms with Crippen molar-refractivity contribution in [3.8, 4) is 11.5 Å². The van der Waals surface area contributed by atoms with E-state index in [4.69, 9.17) is 9.47 Å². The van der Waals surface area contributed by atoms with Crippen LogP contribution in [0.25, 0.3) is 0 Å². The number of benzene rings is 3. The third-order valence-corrected chi connectivity index (χ3v) is 6.21. The van der Waals surface area contributed by atoms with Gasteiger partial charge in [-0.3, -0.25) is 0 Å². The van der Waals surface area contributed by atoms with Gasteiger partial charge in [-0.25, -0.2) is 4.79 Å². The molecule has 2 heterocycles. The summed E-state index contributed by atoms with van der Waals surface area (Å²) in [6.07, 6.45) is 0. The van der Waals surface area contributed by atoms with Crippen molar-refractivity contribution in [3.63, 3.8) is 0 Å². The molecule has 0 amide bonds. The maximum Gasteiger partial charge on any atom is 0.342 e. The molecular weight excluding hydrogens is 388 g/mol. The Balaban J connectivity index is 1.92. The van der Waals surface area contributed by atoms with Gasteiger partial charge in [0.1, 0.15) is 11.5 Å². The highest BCUT2D eigenvalue weighted by Gasteiger charge is 2.55. The van der Waals surface area contributed by atoms with E-state index in [-0.39, 0.29) is 5.97 Å². The molecule has 1 N–H and O–H groups in total. The van der Waals surface area contributed by atoms with Crippen LogP contribution in [0.3, 0.4) is 0 Å². The van der Waals surface area contributed by atoms with E-state index >= 15 is 0 Å². The van der Waals surface area contributed by atoms with Crippen LogP contribution in [0.1, 0.15) is 47.8 Å². The van der Waals surface area contributed by atoms with E-state index in [9.17, 15) is 4.79 Å². The quantitative estimate of drug-likeness (QED) is 0.556. The predicted octanol–water partition coefficient (Wildman–Crippen LogP) is 5.53. The number of nitrogens with one attached hydrogen (secondary N) is 1. The first-order chi connectivity index (χ1) is 15.2. The first-order valence-electron chi connectivity index (χ1n) is 10.9. The minimum Gasteiger partial charge on any atom is -0.456 e. The number of hydrogen-bond acceptors (Lipinski definition) is 5. The Kier molecular flexibility index (Phi) is 4.62. The standard InChI is InChI=1S/C26H26N2O3/c1-4-27-19-15-16-20(28(5-2)6-3)24-23(19)25(29)31-26(24)17-11-7-9-13-21(17)30-22-14-10-8-12-18(22)26/h7-16,27H,4-6H2,1-3H3. The molecule has 1 spiro atoms. The third kappa shape index (κ3) is 2.66. The van der Waals surface area contributed by atoms with Gasteiger partial charge >= 0.3 is 5.97 Å². The van der Waals surface area contributed by atoms with Gasteiger partial charge in [-0.1, -0.05) is 36.4 Å². The molecule has 0 saturated carbocycles. The highest BCUT2D eigenvalue weighted by molar-refractivity contribution is 6.04. The van der Waals surface area contributed by atoms with Crippen molar-refractivity contribution in [2.45, 2.75) is 26.4 Å². The number of fused-ring (bicyclic) bond motifs is 6. The van der Waals surface area contributed by atoms with Gasteiger partial charge in [0, 0.05) is 47.7 Å². The second-order valence-electron chi connectivity index (χ2n) is 7.75. The van der Waals surface area contributed by atoms with E-state index in [2.05, 4.69) is 30.1 Å². The lowest BCUT2D eigenvalue weighted by Crippen LogP contribution is -2.35. The van der Waals surface area contributed by atoms with Crippen LogP contribution < -0.4 is 15.0 Å². The summed E-state index contributed by atoms with van der Waals surface area (Å²) in [5.74, 6) is 1.11. The smallest absolute Gasteiger partial charge is 0.342 e. The number of esters is 1. The number of carbonyl (C=O) groups is 1. The lowest BCUT2D eigenvalue weighted by molar-refractivity contribution is 0.0226. The molecule has 0 aliphatic carbocycles. The van der Waals surface area contributed by atoms with Gasteiger partial charge in [-0.2, -0.15) is 0 Å². The zero-order chi connectivity index (χ0) is 21.6. The number of rotatable bonds is 5. The largest absolute Gasteiger partial charge is 0.456 e. The fourth-order valence-electron chi connectivity index (χ4n) is 4.90. The Labute approximate surface area is 182 Å². The summed E-state index contributed by atoms with van der Waals surface area (Å²) < 4.78 is 12.6. The van der Waals surface area contributed by atoms with Gasteiger partial charge in [0.15, 0.2) is 5.60 Å². The molecule has 5 heteroatoms. The summed E-state index contributed by atoms with van der Waals surface area (Å²) in [6.45, 7) is 8.66. The molecule has 158 valence electrons. The van der Waals surface area contributed by atoms with Crippen LogP contribution in [-0.2, 0) is 10.3 Å². The monoisotopic (exact) mass is 414 g/mol. The van der Waals surface area contributed by atoms with Crippen molar-refractivity contribution in [3.05, 3.63) is 82.9 Å². The second kappa shape index (κ2) is 7.34. The minimum absolute atomic E-state index is 0.313. The van der Waals surface area contributed by atoms with Crippen molar-refractivity contribution in [2.24, 2.45) is 0 Å². The van der Waals surface area contributed by atoms with Crippen molar-refractivity contribution >= 4 is 17.3 Å². The Bertz CT molecular complexity index is 1120. The average molecular weight is 415 g/mol. The summed E-state index contributed by atoms with van der Waals surface area (Å²) >= 11 is 0. The molecular formula is C26H26N2O3. The summed E-state index contributed by atoms with van der Waals surface area (Å²) in [5.41, 5.74) is 3.96. The lowest BCUT2D eigenvalue weighted by atomic mass is 9.76. The Hall–Kier alpha value is -3.47.